The van der Waals surface area contributed by atoms with Crippen LogP contribution in [0.25, 0.3) is 10.9 Å². The lowest BCUT2D eigenvalue weighted by atomic mass is 10.1. The first kappa shape index (κ1) is 19.9. The van der Waals surface area contributed by atoms with E-state index in [1.165, 1.54) is 17.2 Å². The highest BCUT2D eigenvalue weighted by atomic mass is 35.5. The molecule has 2 heterocycles. The first-order chi connectivity index (χ1) is 13.3. The number of pyridine rings is 2. The molecule has 9 heteroatoms. The van der Waals surface area contributed by atoms with Crippen LogP contribution < -0.4 is 15.5 Å². The molecule has 7 nitrogen and oxygen atoms in total. The molecule has 3 amide bonds. The number of nitrogens with zero attached hydrogens (tertiary/aromatic N) is 3. The normalized spacial score (nSPS) is 10.6. The van der Waals surface area contributed by atoms with E-state index >= 15 is 0 Å². The smallest absolute Gasteiger partial charge is 0.321 e. The molecule has 0 atom stereocenters. The van der Waals surface area contributed by atoms with Crippen molar-refractivity contribution in [2.24, 2.45) is 0 Å². The standard InChI is InChI=1S/C19H17Cl2N5O2/c1-10-9-24-15-11(16(10)26(3)19(28)22-2)5-4-6-13(15)25-18(27)14-12(20)7-8-23-17(14)21/h4-9H,1-3H3,(H,22,28)(H,25,27). The van der Waals surface area contributed by atoms with Crippen molar-refractivity contribution in [1.82, 2.24) is 15.3 Å². The van der Waals surface area contributed by atoms with Crippen LogP contribution in [-0.2, 0) is 0 Å². The predicted octanol–water partition coefficient (Wildman–Crippen LogP) is 4.27. The van der Waals surface area contributed by atoms with Gasteiger partial charge in [-0.15, -0.1) is 0 Å². The fourth-order valence-electron chi connectivity index (χ4n) is 2.93. The quantitative estimate of drug-likeness (QED) is 0.622. The maximum atomic E-state index is 12.7. The zero-order valence-electron chi connectivity index (χ0n) is 15.4. The molecule has 0 fully saturated rings. The molecule has 0 bridgehead atoms. The first-order valence-corrected chi connectivity index (χ1v) is 9.05. The van der Waals surface area contributed by atoms with Gasteiger partial charge in [0.15, 0.2) is 0 Å². The van der Waals surface area contributed by atoms with Crippen molar-refractivity contribution in [2.75, 3.05) is 24.3 Å². The van der Waals surface area contributed by atoms with Gasteiger partial charge in [-0.05, 0) is 24.6 Å². The van der Waals surface area contributed by atoms with Crippen molar-refractivity contribution in [3.63, 3.8) is 0 Å². The monoisotopic (exact) mass is 417 g/mol. The molecule has 0 aliphatic heterocycles. The van der Waals surface area contributed by atoms with Gasteiger partial charge < -0.3 is 10.6 Å². The molecular formula is C19H17Cl2N5O2. The number of para-hydroxylation sites is 1. The van der Waals surface area contributed by atoms with Gasteiger partial charge in [-0.1, -0.05) is 35.3 Å². The number of hydrogen-bond donors (Lipinski definition) is 2. The van der Waals surface area contributed by atoms with Crippen molar-refractivity contribution in [3.8, 4) is 0 Å². The highest BCUT2D eigenvalue weighted by Crippen LogP contribution is 2.33. The van der Waals surface area contributed by atoms with Crippen LogP contribution in [-0.4, -0.2) is 36.0 Å². The van der Waals surface area contributed by atoms with Gasteiger partial charge in [0.1, 0.15) is 5.15 Å². The predicted molar refractivity (Wildman–Crippen MR) is 112 cm³/mol. The van der Waals surface area contributed by atoms with E-state index in [1.807, 2.05) is 13.0 Å². The average molecular weight is 418 g/mol. The van der Waals surface area contributed by atoms with Gasteiger partial charge >= 0.3 is 6.03 Å². The summed E-state index contributed by atoms with van der Waals surface area (Å²) in [6.07, 6.45) is 3.07. The molecule has 0 spiro atoms. The van der Waals surface area contributed by atoms with E-state index in [-0.39, 0.29) is 21.8 Å². The Morgan fingerprint density at radius 1 is 1.14 bits per heavy atom. The molecule has 2 N–H and O–H groups in total. The Hall–Kier alpha value is -2.90. The van der Waals surface area contributed by atoms with E-state index in [9.17, 15) is 9.59 Å². The van der Waals surface area contributed by atoms with Gasteiger partial charge in [-0.3, -0.25) is 14.7 Å². The molecule has 3 aromatic rings. The lowest BCUT2D eigenvalue weighted by Crippen LogP contribution is -2.35. The Balaban J connectivity index is 2.09. The summed E-state index contributed by atoms with van der Waals surface area (Å²) in [5.74, 6) is -0.501. The molecule has 144 valence electrons. The number of benzene rings is 1. The van der Waals surface area contributed by atoms with Crippen LogP contribution in [0, 0.1) is 6.92 Å². The number of rotatable bonds is 3. The molecule has 0 aliphatic rings. The number of nitrogens with one attached hydrogen (secondary N) is 2. The summed E-state index contributed by atoms with van der Waals surface area (Å²) < 4.78 is 0. The number of halogens is 2. The summed E-state index contributed by atoms with van der Waals surface area (Å²) >= 11 is 12.1. The Labute approximate surface area is 171 Å². The summed E-state index contributed by atoms with van der Waals surface area (Å²) in [6, 6.07) is 6.55. The molecule has 1 aromatic carbocycles. The summed E-state index contributed by atoms with van der Waals surface area (Å²) in [5.41, 5.74) is 2.59. The van der Waals surface area contributed by atoms with Gasteiger partial charge in [-0.2, -0.15) is 0 Å². The Bertz CT molecular complexity index is 1070. The van der Waals surface area contributed by atoms with Gasteiger partial charge in [0.2, 0.25) is 0 Å². The van der Waals surface area contributed by atoms with Crippen molar-refractivity contribution in [1.29, 1.82) is 0 Å². The Morgan fingerprint density at radius 3 is 2.57 bits per heavy atom. The van der Waals surface area contributed by atoms with E-state index in [1.54, 1.807) is 32.4 Å². The zero-order valence-corrected chi connectivity index (χ0v) is 16.9. The Morgan fingerprint density at radius 2 is 1.89 bits per heavy atom. The maximum absolute atomic E-state index is 12.7. The summed E-state index contributed by atoms with van der Waals surface area (Å²) in [6.45, 7) is 1.86. The number of anilines is 2. The number of fused-ring (bicyclic) bond motifs is 1. The lowest BCUT2D eigenvalue weighted by Gasteiger charge is -2.21. The van der Waals surface area contributed by atoms with E-state index < -0.39 is 5.91 Å². The van der Waals surface area contributed by atoms with Crippen LogP contribution >= 0.6 is 23.2 Å². The fraction of sp³-hybridized carbons (Fsp3) is 0.158. The van der Waals surface area contributed by atoms with Crippen molar-refractivity contribution < 1.29 is 9.59 Å². The number of aromatic nitrogens is 2. The molecule has 0 aliphatic carbocycles. The van der Waals surface area contributed by atoms with Gasteiger partial charge in [0.05, 0.1) is 27.5 Å². The number of aryl methyl sites for hydroxylation is 1. The SMILES string of the molecule is CNC(=O)N(C)c1c(C)cnc2c(NC(=O)c3c(Cl)ccnc3Cl)cccc12. The molecule has 0 saturated carbocycles. The molecule has 0 saturated heterocycles. The molecular weight excluding hydrogens is 401 g/mol. The Kier molecular flexibility index (Phi) is 5.67. The third kappa shape index (κ3) is 3.58. The van der Waals surface area contributed by atoms with E-state index in [2.05, 4.69) is 20.6 Å². The largest absolute Gasteiger partial charge is 0.341 e. The summed E-state index contributed by atoms with van der Waals surface area (Å²) in [5, 5.41) is 6.30. The molecule has 0 radical (unpaired) electrons. The minimum atomic E-state index is -0.501. The van der Waals surface area contributed by atoms with Crippen LogP contribution in [0.3, 0.4) is 0 Å². The number of urea groups is 1. The number of amides is 3. The average Bonchev–Trinajstić information content (AvgIpc) is 2.66. The minimum absolute atomic E-state index is 0.00841. The fourth-order valence-corrected chi connectivity index (χ4v) is 3.45. The molecule has 3 rings (SSSR count). The van der Waals surface area contributed by atoms with Crippen molar-refractivity contribution >= 4 is 57.4 Å². The van der Waals surface area contributed by atoms with E-state index in [4.69, 9.17) is 23.2 Å². The van der Waals surface area contributed by atoms with Crippen LogP contribution in [0.15, 0.2) is 36.7 Å². The summed E-state index contributed by atoms with van der Waals surface area (Å²) in [7, 11) is 3.23. The number of hydrogen-bond acceptors (Lipinski definition) is 4. The van der Waals surface area contributed by atoms with Gasteiger partial charge in [0.25, 0.3) is 5.91 Å². The second kappa shape index (κ2) is 8.00. The second-order valence-electron chi connectivity index (χ2n) is 6.02. The zero-order chi connectivity index (χ0) is 20.4. The first-order valence-electron chi connectivity index (χ1n) is 8.30. The lowest BCUT2D eigenvalue weighted by molar-refractivity contribution is 0.102. The molecule has 2 aromatic heterocycles. The van der Waals surface area contributed by atoms with E-state index in [0.717, 1.165) is 5.56 Å². The minimum Gasteiger partial charge on any atom is -0.341 e. The summed E-state index contributed by atoms with van der Waals surface area (Å²) in [4.78, 5) is 34.7. The van der Waals surface area contributed by atoms with Crippen LogP contribution in [0.2, 0.25) is 10.2 Å². The van der Waals surface area contributed by atoms with E-state index in [0.29, 0.717) is 22.3 Å². The topological polar surface area (TPSA) is 87.2 Å². The third-order valence-electron chi connectivity index (χ3n) is 4.24. The highest BCUT2D eigenvalue weighted by Gasteiger charge is 2.20. The second-order valence-corrected chi connectivity index (χ2v) is 6.78. The number of carbonyl (C=O) groups excluding carboxylic acids is 2. The van der Waals surface area contributed by atoms with Gasteiger partial charge in [-0.25, -0.2) is 9.78 Å². The van der Waals surface area contributed by atoms with Gasteiger partial charge in [0, 0.05) is 31.9 Å². The van der Waals surface area contributed by atoms with Crippen molar-refractivity contribution in [2.45, 2.75) is 6.92 Å². The molecule has 28 heavy (non-hydrogen) atoms. The highest BCUT2D eigenvalue weighted by molar-refractivity contribution is 6.39. The number of carbonyl (C=O) groups is 2. The molecule has 0 unspecified atom stereocenters. The van der Waals surface area contributed by atoms with Crippen LogP contribution in [0.1, 0.15) is 15.9 Å². The van der Waals surface area contributed by atoms with Crippen LogP contribution in [0.5, 0.6) is 0 Å². The van der Waals surface area contributed by atoms with Crippen LogP contribution in [0.4, 0.5) is 16.2 Å². The third-order valence-corrected chi connectivity index (χ3v) is 4.84. The van der Waals surface area contributed by atoms with Crippen molar-refractivity contribution in [3.05, 3.63) is 58.0 Å². The maximum Gasteiger partial charge on any atom is 0.321 e.